The van der Waals surface area contributed by atoms with Crippen molar-refractivity contribution < 1.29 is 9.47 Å². The molecule has 3 rings (SSSR count). The fraction of sp³-hybridized carbons (Fsp3) is 0.278. The van der Waals surface area contributed by atoms with Crippen molar-refractivity contribution in [2.75, 3.05) is 14.2 Å². The second kappa shape index (κ2) is 8.28. The van der Waals surface area contributed by atoms with Crippen molar-refractivity contribution >= 4 is 22.7 Å². The van der Waals surface area contributed by atoms with Crippen LogP contribution in [0, 0.1) is 0 Å². The molecule has 24 heavy (non-hydrogen) atoms. The van der Waals surface area contributed by atoms with E-state index in [2.05, 4.69) is 27.1 Å². The van der Waals surface area contributed by atoms with Gasteiger partial charge in [0, 0.05) is 29.8 Å². The number of nitrogens with one attached hydrogen (secondary N) is 1. The molecule has 0 aliphatic carbocycles. The fourth-order valence-corrected chi connectivity index (χ4v) is 3.92. The number of rotatable bonds is 8. The highest BCUT2D eigenvalue weighted by Gasteiger charge is 2.16. The van der Waals surface area contributed by atoms with E-state index in [9.17, 15) is 0 Å². The van der Waals surface area contributed by atoms with Crippen molar-refractivity contribution in [3.8, 4) is 11.5 Å². The molecule has 4 nitrogen and oxygen atoms in total. The van der Waals surface area contributed by atoms with Crippen molar-refractivity contribution in [2.45, 2.75) is 19.0 Å². The standard InChI is InChI=1S/C18H20N2O2S2/c1-21-15-4-3-14(17(10-15)22-2)11-20-16(18-19-6-8-24-18)9-13-5-7-23-12-13/h3-8,10,12,16,20H,9,11H2,1-2H3/t16-/m0/s1. The SMILES string of the molecule is COc1ccc(CN[C@@H](Cc2ccsc2)c2nccs2)c(OC)c1. The highest BCUT2D eigenvalue weighted by Crippen LogP contribution is 2.27. The summed E-state index contributed by atoms with van der Waals surface area (Å²) in [5.74, 6) is 1.63. The minimum Gasteiger partial charge on any atom is -0.497 e. The van der Waals surface area contributed by atoms with Gasteiger partial charge in [0.05, 0.1) is 20.3 Å². The van der Waals surface area contributed by atoms with Crippen LogP contribution in [0.25, 0.3) is 0 Å². The second-order valence-corrected chi connectivity index (χ2v) is 7.02. The molecule has 2 aromatic heterocycles. The van der Waals surface area contributed by atoms with Crippen LogP contribution < -0.4 is 14.8 Å². The predicted molar refractivity (Wildman–Crippen MR) is 99.3 cm³/mol. The van der Waals surface area contributed by atoms with E-state index in [1.54, 1.807) is 36.9 Å². The molecular weight excluding hydrogens is 340 g/mol. The molecule has 6 heteroatoms. The highest BCUT2D eigenvalue weighted by atomic mass is 32.1. The quantitative estimate of drug-likeness (QED) is 0.651. The summed E-state index contributed by atoms with van der Waals surface area (Å²) in [6.07, 6.45) is 2.78. The van der Waals surface area contributed by atoms with Gasteiger partial charge in [0.1, 0.15) is 16.5 Å². The largest absolute Gasteiger partial charge is 0.497 e. The summed E-state index contributed by atoms with van der Waals surface area (Å²) in [4.78, 5) is 4.49. The molecule has 1 aromatic carbocycles. The maximum absolute atomic E-state index is 5.49. The Morgan fingerprint density at radius 3 is 2.75 bits per heavy atom. The number of hydrogen-bond acceptors (Lipinski definition) is 6. The molecule has 0 radical (unpaired) electrons. The summed E-state index contributed by atoms with van der Waals surface area (Å²) in [5, 5.41) is 11.0. The highest BCUT2D eigenvalue weighted by molar-refractivity contribution is 7.09. The predicted octanol–water partition coefficient (Wildman–Crippen LogP) is 4.30. The number of methoxy groups -OCH3 is 2. The van der Waals surface area contributed by atoms with Gasteiger partial charge >= 0.3 is 0 Å². The van der Waals surface area contributed by atoms with E-state index < -0.39 is 0 Å². The molecule has 3 aromatic rings. The van der Waals surface area contributed by atoms with Gasteiger partial charge in [0.15, 0.2) is 0 Å². The Bertz CT molecular complexity index is 742. The van der Waals surface area contributed by atoms with Gasteiger partial charge in [-0.05, 0) is 34.9 Å². The van der Waals surface area contributed by atoms with Crippen molar-refractivity contribution in [2.24, 2.45) is 0 Å². The van der Waals surface area contributed by atoms with Gasteiger partial charge in [-0.25, -0.2) is 4.98 Å². The topological polar surface area (TPSA) is 43.4 Å². The normalized spacial score (nSPS) is 12.1. The Balaban J connectivity index is 1.74. The van der Waals surface area contributed by atoms with Gasteiger partial charge in [-0.2, -0.15) is 11.3 Å². The van der Waals surface area contributed by atoms with Crippen LogP contribution in [-0.2, 0) is 13.0 Å². The molecular formula is C18H20N2O2S2. The molecule has 1 atom stereocenters. The van der Waals surface area contributed by atoms with Crippen LogP contribution in [0.1, 0.15) is 22.2 Å². The third-order valence-electron chi connectivity index (χ3n) is 3.80. The van der Waals surface area contributed by atoms with Crippen LogP contribution in [-0.4, -0.2) is 19.2 Å². The molecule has 0 aliphatic rings. The minimum atomic E-state index is 0.186. The van der Waals surface area contributed by atoms with Crippen molar-refractivity contribution in [1.29, 1.82) is 0 Å². The van der Waals surface area contributed by atoms with Crippen molar-refractivity contribution in [3.05, 3.63) is 62.7 Å². The van der Waals surface area contributed by atoms with Gasteiger partial charge < -0.3 is 14.8 Å². The van der Waals surface area contributed by atoms with E-state index in [0.717, 1.165) is 28.5 Å². The molecule has 0 saturated carbocycles. The van der Waals surface area contributed by atoms with Crippen LogP contribution >= 0.6 is 22.7 Å². The Morgan fingerprint density at radius 2 is 2.08 bits per heavy atom. The lowest BCUT2D eigenvalue weighted by Crippen LogP contribution is -2.23. The molecule has 0 spiro atoms. The third-order valence-corrected chi connectivity index (χ3v) is 5.42. The minimum absolute atomic E-state index is 0.186. The molecule has 1 N–H and O–H groups in total. The summed E-state index contributed by atoms with van der Waals surface area (Å²) < 4.78 is 10.7. The molecule has 0 fully saturated rings. The van der Waals surface area contributed by atoms with E-state index in [-0.39, 0.29) is 6.04 Å². The first-order valence-electron chi connectivity index (χ1n) is 7.65. The lowest BCUT2D eigenvalue weighted by molar-refractivity contribution is 0.388. The average molecular weight is 361 g/mol. The lowest BCUT2D eigenvalue weighted by atomic mass is 10.1. The fourth-order valence-electron chi connectivity index (χ4n) is 2.53. The summed E-state index contributed by atoms with van der Waals surface area (Å²) in [5.41, 5.74) is 2.43. The number of hydrogen-bond donors (Lipinski definition) is 1. The van der Waals surface area contributed by atoms with Gasteiger partial charge in [0.2, 0.25) is 0 Å². The number of benzene rings is 1. The van der Waals surface area contributed by atoms with E-state index in [4.69, 9.17) is 9.47 Å². The lowest BCUT2D eigenvalue weighted by Gasteiger charge is -2.18. The molecule has 0 aliphatic heterocycles. The van der Waals surface area contributed by atoms with Gasteiger partial charge in [-0.3, -0.25) is 0 Å². The number of nitrogens with zero attached hydrogens (tertiary/aromatic N) is 1. The number of aromatic nitrogens is 1. The van der Waals surface area contributed by atoms with Crippen molar-refractivity contribution in [3.63, 3.8) is 0 Å². The summed E-state index contributed by atoms with van der Waals surface area (Å²) in [6, 6.07) is 8.26. The maximum atomic E-state index is 5.49. The Hall–Kier alpha value is -1.89. The Morgan fingerprint density at radius 1 is 1.17 bits per heavy atom. The third kappa shape index (κ3) is 4.14. The number of ether oxygens (including phenoxy) is 2. The number of thiazole rings is 1. The molecule has 0 unspecified atom stereocenters. The average Bonchev–Trinajstić information content (AvgIpc) is 3.32. The zero-order valence-electron chi connectivity index (χ0n) is 13.7. The van der Waals surface area contributed by atoms with Crippen molar-refractivity contribution in [1.82, 2.24) is 10.3 Å². The molecule has 126 valence electrons. The van der Waals surface area contributed by atoms with Gasteiger partial charge in [-0.15, -0.1) is 11.3 Å². The monoisotopic (exact) mass is 360 g/mol. The molecule has 0 bridgehead atoms. The summed E-state index contributed by atoms with van der Waals surface area (Å²) in [7, 11) is 3.34. The zero-order chi connectivity index (χ0) is 16.8. The Kier molecular flexibility index (Phi) is 5.85. The maximum Gasteiger partial charge on any atom is 0.127 e. The first kappa shape index (κ1) is 17.0. The zero-order valence-corrected chi connectivity index (χ0v) is 15.3. The summed E-state index contributed by atoms with van der Waals surface area (Å²) in [6.45, 7) is 0.710. The van der Waals surface area contributed by atoms with Gasteiger partial charge in [-0.1, -0.05) is 6.07 Å². The summed E-state index contributed by atoms with van der Waals surface area (Å²) >= 11 is 3.41. The van der Waals surface area contributed by atoms with Crippen LogP contribution in [0.2, 0.25) is 0 Å². The smallest absolute Gasteiger partial charge is 0.127 e. The Labute approximate surface area is 150 Å². The van der Waals surface area contributed by atoms with Crippen LogP contribution in [0.3, 0.4) is 0 Å². The first-order valence-corrected chi connectivity index (χ1v) is 9.47. The van der Waals surface area contributed by atoms with E-state index in [0.29, 0.717) is 6.54 Å². The van der Waals surface area contributed by atoms with Crippen LogP contribution in [0.15, 0.2) is 46.6 Å². The van der Waals surface area contributed by atoms with Crippen LogP contribution in [0.4, 0.5) is 0 Å². The molecule has 0 saturated heterocycles. The second-order valence-electron chi connectivity index (χ2n) is 5.32. The van der Waals surface area contributed by atoms with E-state index in [1.807, 2.05) is 29.8 Å². The first-order chi connectivity index (χ1) is 11.8. The molecule has 2 heterocycles. The van der Waals surface area contributed by atoms with E-state index in [1.165, 1.54) is 5.56 Å². The van der Waals surface area contributed by atoms with E-state index >= 15 is 0 Å². The number of thiophene rings is 1. The van der Waals surface area contributed by atoms with Crippen LogP contribution in [0.5, 0.6) is 11.5 Å². The van der Waals surface area contributed by atoms with Gasteiger partial charge in [0.25, 0.3) is 0 Å². The molecule has 0 amide bonds.